The van der Waals surface area contributed by atoms with Gasteiger partial charge in [-0.25, -0.2) is 0 Å². The molecule has 0 fully saturated rings. The van der Waals surface area contributed by atoms with Gasteiger partial charge < -0.3 is 4.74 Å². The number of hydrogen-bond donors (Lipinski definition) is 0. The van der Waals surface area contributed by atoms with Crippen molar-refractivity contribution in [2.24, 2.45) is 0 Å². The molecule has 8 heteroatoms. The highest BCUT2D eigenvalue weighted by Crippen LogP contribution is 2.44. The molecule has 0 saturated carbocycles. The molecular weight excluding hydrogens is 506 g/mol. The molecule has 0 bridgehead atoms. The summed E-state index contributed by atoms with van der Waals surface area (Å²) >= 11 is 0. The molecule has 0 saturated heterocycles. The van der Waals surface area contributed by atoms with Crippen LogP contribution in [0.1, 0.15) is 38.2 Å². The third-order valence-electron chi connectivity index (χ3n) is 6.44. The Bertz CT molecular complexity index is 1540. The summed E-state index contributed by atoms with van der Waals surface area (Å²) in [5, 5.41) is 0. The van der Waals surface area contributed by atoms with Crippen molar-refractivity contribution in [3.05, 3.63) is 124 Å². The number of ether oxygens (including phenoxy) is 1. The smallest absolute Gasteiger partial charge is 0.416 e. The Hall–Kier alpha value is -4.33. The topological polar surface area (TPSA) is 26.3 Å². The van der Waals surface area contributed by atoms with Crippen LogP contribution >= 0.6 is 0 Å². The lowest BCUT2D eigenvalue weighted by molar-refractivity contribution is -0.138. The standard InChI is InChI=1S/C30H18F6O2/c1-38-23-13-6-17(7-14-23)20-8-15-24-25(16-20)26(18-2-9-21(10-3-18)29(31,32)33)27(28(24)37)19-4-11-22(12-5-19)30(34,35)36/h2-16H,1H3. The minimum atomic E-state index is -4.56. The lowest BCUT2D eigenvalue weighted by atomic mass is 9.92. The van der Waals surface area contributed by atoms with Gasteiger partial charge in [0.25, 0.3) is 0 Å². The third kappa shape index (κ3) is 4.58. The molecule has 1 aliphatic carbocycles. The largest absolute Gasteiger partial charge is 0.497 e. The minimum Gasteiger partial charge on any atom is -0.497 e. The number of allylic oxidation sites excluding steroid dienone is 1. The maximum Gasteiger partial charge on any atom is 0.416 e. The van der Waals surface area contributed by atoms with Gasteiger partial charge in [0.1, 0.15) is 5.75 Å². The quantitative estimate of drug-likeness (QED) is 0.250. The highest BCUT2D eigenvalue weighted by molar-refractivity contribution is 6.41. The molecule has 0 N–H and O–H groups in total. The first kappa shape index (κ1) is 25.3. The number of carbonyl (C=O) groups excluding carboxylic acids is 1. The molecule has 0 radical (unpaired) electrons. The van der Waals surface area contributed by atoms with Crippen molar-refractivity contribution in [1.82, 2.24) is 0 Å². The van der Waals surface area contributed by atoms with E-state index in [0.29, 0.717) is 28.0 Å². The maximum atomic E-state index is 13.5. The van der Waals surface area contributed by atoms with E-state index in [9.17, 15) is 31.1 Å². The van der Waals surface area contributed by atoms with Gasteiger partial charge in [0.2, 0.25) is 0 Å². The van der Waals surface area contributed by atoms with Gasteiger partial charge >= 0.3 is 12.4 Å². The predicted octanol–water partition coefficient (Wildman–Crippen LogP) is 8.56. The molecule has 0 aliphatic heterocycles. The van der Waals surface area contributed by atoms with Crippen LogP contribution in [-0.4, -0.2) is 12.9 Å². The monoisotopic (exact) mass is 524 g/mol. The Morgan fingerprint density at radius 2 is 0.974 bits per heavy atom. The maximum absolute atomic E-state index is 13.5. The number of rotatable bonds is 4. The number of methoxy groups -OCH3 is 1. The number of carbonyl (C=O) groups is 1. The van der Waals surface area contributed by atoms with Crippen LogP contribution in [0.25, 0.3) is 22.3 Å². The van der Waals surface area contributed by atoms with Gasteiger partial charge in [-0.2, -0.15) is 26.3 Å². The van der Waals surface area contributed by atoms with E-state index >= 15 is 0 Å². The van der Waals surface area contributed by atoms with Crippen LogP contribution in [0.2, 0.25) is 0 Å². The Kier molecular flexibility index (Phi) is 6.13. The first-order chi connectivity index (χ1) is 18.0. The van der Waals surface area contributed by atoms with Gasteiger partial charge in [-0.15, -0.1) is 0 Å². The molecular formula is C30H18F6O2. The number of hydrogen-bond acceptors (Lipinski definition) is 2. The Labute approximate surface area is 213 Å². The van der Waals surface area contributed by atoms with E-state index in [-0.39, 0.29) is 11.1 Å². The summed E-state index contributed by atoms with van der Waals surface area (Å²) in [5.41, 5.74) is 1.69. The SMILES string of the molecule is COc1ccc(-c2ccc3c(c2)C(c2ccc(C(F)(F)F)cc2)=C(c2ccc(C(F)(F)F)cc2)C3=O)cc1. The van der Waals surface area contributed by atoms with E-state index in [0.717, 1.165) is 35.4 Å². The van der Waals surface area contributed by atoms with Crippen molar-refractivity contribution in [2.75, 3.05) is 7.11 Å². The van der Waals surface area contributed by atoms with E-state index in [1.165, 1.54) is 24.3 Å². The molecule has 2 nitrogen and oxygen atoms in total. The molecule has 0 atom stereocenters. The van der Waals surface area contributed by atoms with Gasteiger partial charge in [0.05, 0.1) is 18.2 Å². The summed E-state index contributed by atoms with van der Waals surface area (Å²) in [6.45, 7) is 0. The van der Waals surface area contributed by atoms with Crippen LogP contribution in [0, 0.1) is 0 Å². The normalized spacial score (nSPS) is 13.6. The summed E-state index contributed by atoms with van der Waals surface area (Å²) in [7, 11) is 1.54. The number of alkyl halides is 6. The van der Waals surface area contributed by atoms with Gasteiger partial charge in [0.15, 0.2) is 5.78 Å². The molecule has 4 aromatic rings. The number of ketones is 1. The summed E-state index contributed by atoms with van der Waals surface area (Å²) in [6, 6.07) is 20.9. The van der Waals surface area contributed by atoms with Crippen molar-refractivity contribution in [3.8, 4) is 16.9 Å². The second-order valence-corrected chi connectivity index (χ2v) is 8.72. The Morgan fingerprint density at radius 3 is 1.45 bits per heavy atom. The molecule has 38 heavy (non-hydrogen) atoms. The molecule has 4 aromatic carbocycles. The zero-order valence-corrected chi connectivity index (χ0v) is 19.7. The van der Waals surface area contributed by atoms with Gasteiger partial charge in [-0.1, -0.05) is 42.5 Å². The van der Waals surface area contributed by atoms with Gasteiger partial charge in [-0.3, -0.25) is 4.79 Å². The van der Waals surface area contributed by atoms with Crippen molar-refractivity contribution in [1.29, 1.82) is 0 Å². The van der Waals surface area contributed by atoms with Crippen LogP contribution in [0.4, 0.5) is 26.3 Å². The second-order valence-electron chi connectivity index (χ2n) is 8.72. The van der Waals surface area contributed by atoms with Crippen molar-refractivity contribution < 1.29 is 35.9 Å². The highest BCUT2D eigenvalue weighted by Gasteiger charge is 2.35. The van der Waals surface area contributed by atoms with E-state index in [1.54, 1.807) is 37.4 Å². The Morgan fingerprint density at radius 1 is 0.526 bits per heavy atom. The molecule has 0 heterocycles. The fraction of sp³-hybridized carbons (Fsp3) is 0.100. The first-order valence-electron chi connectivity index (χ1n) is 11.4. The molecule has 0 unspecified atom stereocenters. The van der Waals surface area contributed by atoms with Crippen LogP contribution in [0.5, 0.6) is 5.75 Å². The highest BCUT2D eigenvalue weighted by atomic mass is 19.4. The zero-order valence-electron chi connectivity index (χ0n) is 19.7. The predicted molar refractivity (Wildman–Crippen MR) is 132 cm³/mol. The van der Waals surface area contributed by atoms with Crippen LogP contribution < -0.4 is 4.74 Å². The molecule has 192 valence electrons. The van der Waals surface area contributed by atoms with Crippen molar-refractivity contribution in [3.63, 3.8) is 0 Å². The van der Waals surface area contributed by atoms with Crippen LogP contribution in [0.3, 0.4) is 0 Å². The fourth-order valence-electron chi connectivity index (χ4n) is 4.52. The second kappa shape index (κ2) is 9.20. The molecule has 1 aliphatic rings. The van der Waals surface area contributed by atoms with Gasteiger partial charge in [0, 0.05) is 16.7 Å². The van der Waals surface area contributed by atoms with Crippen LogP contribution in [0.15, 0.2) is 91.0 Å². The minimum absolute atomic E-state index is 0.125. The number of benzene rings is 4. The lowest BCUT2D eigenvalue weighted by Gasteiger charge is -2.13. The fourth-order valence-corrected chi connectivity index (χ4v) is 4.52. The first-order valence-corrected chi connectivity index (χ1v) is 11.4. The van der Waals surface area contributed by atoms with Crippen LogP contribution in [-0.2, 0) is 12.4 Å². The molecule has 0 spiro atoms. The molecule has 0 aromatic heterocycles. The number of Topliss-reactive ketones (excluding diaryl/α,β-unsaturated/α-hetero) is 1. The zero-order chi connectivity index (χ0) is 27.2. The lowest BCUT2D eigenvalue weighted by Crippen LogP contribution is -2.05. The average molecular weight is 524 g/mol. The molecule has 5 rings (SSSR count). The van der Waals surface area contributed by atoms with Crippen molar-refractivity contribution in [2.45, 2.75) is 12.4 Å². The van der Waals surface area contributed by atoms with E-state index < -0.39 is 29.3 Å². The third-order valence-corrected chi connectivity index (χ3v) is 6.44. The van der Waals surface area contributed by atoms with E-state index in [4.69, 9.17) is 4.74 Å². The summed E-state index contributed by atoms with van der Waals surface area (Å²) in [4.78, 5) is 13.5. The summed E-state index contributed by atoms with van der Waals surface area (Å²) in [5.74, 6) is 0.232. The van der Waals surface area contributed by atoms with Crippen molar-refractivity contribution >= 4 is 16.9 Å². The van der Waals surface area contributed by atoms with E-state index in [2.05, 4.69) is 0 Å². The average Bonchev–Trinajstić information content (AvgIpc) is 3.19. The number of fused-ring (bicyclic) bond motifs is 1. The summed E-state index contributed by atoms with van der Waals surface area (Å²) < 4.78 is 84.2. The van der Waals surface area contributed by atoms with E-state index in [1.807, 2.05) is 12.1 Å². The number of halogens is 6. The Balaban J connectivity index is 1.70. The molecule has 0 amide bonds. The summed E-state index contributed by atoms with van der Waals surface area (Å²) in [6.07, 6.45) is -9.10. The van der Waals surface area contributed by atoms with Gasteiger partial charge in [-0.05, 0) is 76.3 Å².